The maximum atomic E-state index is 5.44. The van der Waals surface area contributed by atoms with Crippen molar-refractivity contribution in [2.24, 2.45) is 0 Å². The molecule has 0 saturated heterocycles. The second-order valence-corrected chi connectivity index (χ2v) is 3.66. The van der Waals surface area contributed by atoms with Crippen LogP contribution in [0.2, 0.25) is 0 Å². The number of terminal acetylenes is 1. The van der Waals surface area contributed by atoms with E-state index in [1.165, 1.54) is 0 Å². The van der Waals surface area contributed by atoms with E-state index in [1.54, 1.807) is 18.6 Å². The maximum Gasteiger partial charge on any atom is 0.0936 e. The lowest BCUT2D eigenvalue weighted by molar-refractivity contribution is 0.908. The minimum Gasteiger partial charge on any atom is -0.261 e. The number of benzene rings is 1. The van der Waals surface area contributed by atoms with Gasteiger partial charge < -0.3 is 0 Å². The molecule has 0 unspecified atom stereocenters. The molecule has 0 radical (unpaired) electrons. The summed E-state index contributed by atoms with van der Waals surface area (Å²) in [5.41, 5.74) is 2.69. The van der Waals surface area contributed by atoms with Gasteiger partial charge >= 0.3 is 0 Å². The Morgan fingerprint density at radius 1 is 1.06 bits per heavy atom. The van der Waals surface area contributed by atoms with Crippen molar-refractivity contribution in [1.82, 2.24) is 14.8 Å². The number of fused-ring (bicyclic) bond motifs is 1. The average Bonchev–Trinajstić information content (AvgIpc) is 2.83. The number of nitrogens with zero attached hydrogens (tertiary/aromatic N) is 3. The van der Waals surface area contributed by atoms with Crippen molar-refractivity contribution < 1.29 is 0 Å². The maximum absolute atomic E-state index is 5.44. The molecule has 80 valence electrons. The number of rotatable bonds is 1. The van der Waals surface area contributed by atoms with Crippen LogP contribution in [0.15, 0.2) is 48.9 Å². The fraction of sp³-hybridized carbons (Fsp3) is 0. The summed E-state index contributed by atoms with van der Waals surface area (Å²) in [6, 6.07) is 9.91. The Morgan fingerprint density at radius 3 is 2.65 bits per heavy atom. The van der Waals surface area contributed by atoms with Crippen LogP contribution in [0.1, 0.15) is 5.56 Å². The number of hydrogen-bond donors (Lipinski definition) is 0. The van der Waals surface area contributed by atoms with Crippen LogP contribution in [0.4, 0.5) is 0 Å². The van der Waals surface area contributed by atoms with E-state index in [4.69, 9.17) is 6.42 Å². The molecule has 1 aromatic carbocycles. The minimum atomic E-state index is 0.768. The van der Waals surface area contributed by atoms with Crippen molar-refractivity contribution in [3.63, 3.8) is 0 Å². The van der Waals surface area contributed by atoms with Crippen molar-refractivity contribution in [3.8, 4) is 18.0 Å². The lowest BCUT2D eigenvalue weighted by Crippen LogP contribution is -1.95. The van der Waals surface area contributed by atoms with Gasteiger partial charge in [0.1, 0.15) is 0 Å². The first-order chi connectivity index (χ1) is 8.40. The molecule has 0 N–H and O–H groups in total. The summed E-state index contributed by atoms with van der Waals surface area (Å²) in [6.07, 6.45) is 10.7. The molecule has 3 heteroatoms. The molecule has 3 rings (SSSR count). The second kappa shape index (κ2) is 3.76. The molecule has 0 aliphatic carbocycles. The van der Waals surface area contributed by atoms with Gasteiger partial charge in [0.15, 0.2) is 0 Å². The molecule has 0 atom stereocenters. The van der Waals surface area contributed by atoms with E-state index in [0.717, 1.165) is 22.2 Å². The predicted octanol–water partition coefficient (Wildman–Crippen LogP) is 2.40. The van der Waals surface area contributed by atoms with Crippen molar-refractivity contribution in [1.29, 1.82) is 0 Å². The van der Waals surface area contributed by atoms with Crippen LogP contribution in [0.25, 0.3) is 16.6 Å². The molecule has 0 amide bonds. The number of para-hydroxylation sites is 1. The zero-order valence-corrected chi connectivity index (χ0v) is 9.04. The first-order valence-corrected chi connectivity index (χ1v) is 5.24. The SMILES string of the molecule is C#Cc1cncc2c1cnn2-c1ccccc1. The van der Waals surface area contributed by atoms with E-state index >= 15 is 0 Å². The molecule has 0 saturated carbocycles. The monoisotopic (exact) mass is 219 g/mol. The molecule has 2 heterocycles. The summed E-state index contributed by atoms with van der Waals surface area (Å²) in [5, 5.41) is 5.31. The van der Waals surface area contributed by atoms with E-state index in [9.17, 15) is 0 Å². The van der Waals surface area contributed by atoms with Crippen LogP contribution in [-0.2, 0) is 0 Å². The molecule has 0 aliphatic heterocycles. The Kier molecular flexibility index (Phi) is 2.13. The molecule has 0 aliphatic rings. The Balaban J connectivity index is 2.31. The molecule has 3 nitrogen and oxygen atoms in total. The average molecular weight is 219 g/mol. The largest absolute Gasteiger partial charge is 0.261 e. The second-order valence-electron chi connectivity index (χ2n) is 3.66. The summed E-state index contributed by atoms with van der Waals surface area (Å²) in [4.78, 5) is 4.14. The highest BCUT2D eigenvalue weighted by atomic mass is 15.3. The van der Waals surface area contributed by atoms with Gasteiger partial charge in [0, 0.05) is 11.6 Å². The van der Waals surface area contributed by atoms with Gasteiger partial charge in [0.25, 0.3) is 0 Å². The van der Waals surface area contributed by atoms with Crippen LogP contribution >= 0.6 is 0 Å². The molecule has 0 fully saturated rings. The first-order valence-electron chi connectivity index (χ1n) is 5.24. The Labute approximate surface area is 98.7 Å². The molecule has 2 aromatic heterocycles. The van der Waals surface area contributed by atoms with Gasteiger partial charge in [-0.15, -0.1) is 6.42 Å². The standard InChI is InChI=1S/C14H9N3/c1-2-11-8-15-10-14-13(11)9-16-17(14)12-6-4-3-5-7-12/h1,3-10H. The summed E-state index contributed by atoms with van der Waals surface area (Å²) in [7, 11) is 0. The molecular weight excluding hydrogens is 210 g/mol. The summed E-state index contributed by atoms with van der Waals surface area (Å²) in [5.74, 6) is 2.62. The molecule has 0 bridgehead atoms. The van der Waals surface area contributed by atoms with Crippen LogP contribution in [0.3, 0.4) is 0 Å². The van der Waals surface area contributed by atoms with E-state index in [1.807, 2.05) is 35.0 Å². The van der Waals surface area contributed by atoms with Crippen LogP contribution in [-0.4, -0.2) is 14.8 Å². The fourth-order valence-corrected chi connectivity index (χ4v) is 1.83. The van der Waals surface area contributed by atoms with Gasteiger partial charge in [-0.2, -0.15) is 5.10 Å². The molecule has 3 aromatic rings. The zero-order chi connectivity index (χ0) is 11.7. The van der Waals surface area contributed by atoms with Crippen molar-refractivity contribution in [2.45, 2.75) is 0 Å². The topological polar surface area (TPSA) is 30.7 Å². The third-order valence-corrected chi connectivity index (χ3v) is 2.65. The third-order valence-electron chi connectivity index (χ3n) is 2.65. The van der Waals surface area contributed by atoms with E-state index in [0.29, 0.717) is 0 Å². The summed E-state index contributed by atoms with van der Waals surface area (Å²) < 4.78 is 1.84. The fourth-order valence-electron chi connectivity index (χ4n) is 1.83. The third kappa shape index (κ3) is 1.47. The smallest absolute Gasteiger partial charge is 0.0936 e. The molecular formula is C14H9N3. The minimum absolute atomic E-state index is 0.768. The Bertz CT molecular complexity index is 705. The van der Waals surface area contributed by atoms with Crippen LogP contribution in [0.5, 0.6) is 0 Å². The Morgan fingerprint density at radius 2 is 1.88 bits per heavy atom. The predicted molar refractivity (Wildman–Crippen MR) is 66.8 cm³/mol. The van der Waals surface area contributed by atoms with E-state index in [2.05, 4.69) is 16.0 Å². The van der Waals surface area contributed by atoms with Gasteiger partial charge in [0.05, 0.1) is 29.2 Å². The highest BCUT2D eigenvalue weighted by molar-refractivity contribution is 5.85. The van der Waals surface area contributed by atoms with Crippen LogP contribution in [0, 0.1) is 12.3 Å². The Hall–Kier alpha value is -2.60. The van der Waals surface area contributed by atoms with Crippen molar-refractivity contribution >= 4 is 10.9 Å². The number of aromatic nitrogens is 3. The number of hydrogen-bond acceptors (Lipinski definition) is 2. The normalized spacial score (nSPS) is 10.3. The molecule has 17 heavy (non-hydrogen) atoms. The first kappa shape index (κ1) is 9.61. The molecule has 0 spiro atoms. The quantitative estimate of drug-likeness (QED) is 0.588. The summed E-state index contributed by atoms with van der Waals surface area (Å²) in [6.45, 7) is 0. The van der Waals surface area contributed by atoms with E-state index < -0.39 is 0 Å². The van der Waals surface area contributed by atoms with Crippen molar-refractivity contribution in [3.05, 3.63) is 54.5 Å². The zero-order valence-electron chi connectivity index (χ0n) is 9.04. The van der Waals surface area contributed by atoms with Gasteiger partial charge in [-0.25, -0.2) is 4.68 Å². The van der Waals surface area contributed by atoms with Gasteiger partial charge in [0.2, 0.25) is 0 Å². The van der Waals surface area contributed by atoms with Gasteiger partial charge in [-0.1, -0.05) is 24.1 Å². The van der Waals surface area contributed by atoms with Gasteiger partial charge in [-0.05, 0) is 12.1 Å². The number of pyridine rings is 1. The van der Waals surface area contributed by atoms with Crippen LogP contribution < -0.4 is 0 Å². The van der Waals surface area contributed by atoms with E-state index in [-0.39, 0.29) is 0 Å². The summed E-state index contributed by atoms with van der Waals surface area (Å²) >= 11 is 0. The lowest BCUT2D eigenvalue weighted by atomic mass is 10.2. The highest BCUT2D eigenvalue weighted by Crippen LogP contribution is 2.19. The lowest BCUT2D eigenvalue weighted by Gasteiger charge is -2.02. The highest BCUT2D eigenvalue weighted by Gasteiger charge is 2.07. The van der Waals surface area contributed by atoms with Gasteiger partial charge in [-0.3, -0.25) is 4.98 Å². The van der Waals surface area contributed by atoms with Crippen molar-refractivity contribution in [2.75, 3.05) is 0 Å².